The zero-order valence-electron chi connectivity index (χ0n) is 23.3. The first kappa shape index (κ1) is 26.4. The molecule has 1 N–H and O–H groups in total. The average molecular weight is 545 g/mol. The van der Waals surface area contributed by atoms with Gasteiger partial charge in [-0.25, -0.2) is 14.5 Å². The van der Waals surface area contributed by atoms with Gasteiger partial charge in [0.1, 0.15) is 23.1 Å². The molecule has 210 valence electrons. The van der Waals surface area contributed by atoms with E-state index in [4.69, 9.17) is 24.3 Å². The Morgan fingerprint density at radius 3 is 2.58 bits per heavy atom. The quantitative estimate of drug-likeness (QED) is 0.316. The maximum atomic E-state index is 12.5. The highest BCUT2D eigenvalue weighted by Crippen LogP contribution is 2.37. The number of ether oxygens (including phenoxy) is 3. The van der Waals surface area contributed by atoms with Crippen molar-refractivity contribution >= 4 is 27.8 Å². The van der Waals surface area contributed by atoms with Gasteiger partial charge in [-0.15, -0.1) is 0 Å². The average Bonchev–Trinajstić information content (AvgIpc) is 3.31. The molecule has 2 aromatic heterocycles. The molecule has 2 aromatic carbocycles. The van der Waals surface area contributed by atoms with Crippen LogP contribution in [0, 0.1) is 0 Å². The molecule has 2 saturated heterocycles. The third kappa shape index (κ3) is 5.43. The van der Waals surface area contributed by atoms with Crippen LogP contribution < -0.4 is 4.74 Å². The molecule has 4 aromatic rings. The molecule has 0 radical (unpaired) electrons. The Kier molecular flexibility index (Phi) is 7.00. The zero-order valence-corrected chi connectivity index (χ0v) is 23.3. The summed E-state index contributed by atoms with van der Waals surface area (Å²) in [6, 6.07) is 15.3. The SMILES string of the molecule is CC(C)(C)OC(=O)N1CCC(Oc2nc(-c3nn(C4CCCCO4)c4ccc(O)cc34)cc3ccccc23)CC1. The summed E-state index contributed by atoms with van der Waals surface area (Å²) in [7, 11) is 0. The summed E-state index contributed by atoms with van der Waals surface area (Å²) in [6.45, 7) is 7.46. The number of nitrogens with zero attached hydrogens (tertiary/aromatic N) is 4. The molecule has 9 heteroatoms. The minimum absolute atomic E-state index is 0.0844. The summed E-state index contributed by atoms with van der Waals surface area (Å²) in [5.74, 6) is 0.715. The van der Waals surface area contributed by atoms with Gasteiger partial charge in [-0.2, -0.15) is 5.10 Å². The second-order valence-corrected chi connectivity index (χ2v) is 11.6. The molecule has 1 unspecified atom stereocenters. The van der Waals surface area contributed by atoms with E-state index in [0.717, 1.165) is 40.9 Å². The summed E-state index contributed by atoms with van der Waals surface area (Å²) < 4.78 is 20.0. The molecule has 0 spiro atoms. The number of fused-ring (bicyclic) bond motifs is 2. The monoisotopic (exact) mass is 544 g/mol. The Morgan fingerprint density at radius 2 is 1.82 bits per heavy atom. The van der Waals surface area contributed by atoms with Crippen LogP contribution in [0.3, 0.4) is 0 Å². The molecule has 2 aliphatic heterocycles. The Labute approximate surface area is 233 Å². The van der Waals surface area contributed by atoms with Gasteiger partial charge in [0.15, 0.2) is 6.23 Å². The number of likely N-dealkylation sites (tertiary alicyclic amines) is 1. The Morgan fingerprint density at radius 1 is 1.02 bits per heavy atom. The Bertz CT molecular complexity index is 1530. The standard InChI is InChI=1S/C31H36N4O5/c1-31(2,3)40-30(37)34-15-13-22(14-16-34)39-29-23-9-5-4-8-20(23)18-25(32-29)28-24-19-21(36)11-12-26(24)35(33-28)27-10-6-7-17-38-27/h4-5,8-9,11-12,18-19,22,27,36H,6-7,10,13-17H2,1-3H3. The molecular formula is C31H36N4O5. The van der Waals surface area contributed by atoms with Crippen molar-refractivity contribution < 1.29 is 24.1 Å². The number of carbonyl (C=O) groups is 1. The van der Waals surface area contributed by atoms with Gasteiger partial charge in [-0.05, 0) is 75.8 Å². The maximum absolute atomic E-state index is 12.5. The molecule has 40 heavy (non-hydrogen) atoms. The number of rotatable bonds is 4. The summed E-state index contributed by atoms with van der Waals surface area (Å²) in [5.41, 5.74) is 1.72. The lowest BCUT2D eigenvalue weighted by atomic mass is 10.1. The van der Waals surface area contributed by atoms with Crippen molar-refractivity contribution in [1.82, 2.24) is 19.7 Å². The first-order valence-electron chi connectivity index (χ1n) is 14.1. The fourth-order valence-corrected chi connectivity index (χ4v) is 5.47. The maximum Gasteiger partial charge on any atom is 0.410 e. The van der Waals surface area contributed by atoms with Crippen LogP contribution in [0.1, 0.15) is 59.1 Å². The van der Waals surface area contributed by atoms with Crippen molar-refractivity contribution in [3.63, 3.8) is 0 Å². The third-order valence-electron chi connectivity index (χ3n) is 7.44. The summed E-state index contributed by atoms with van der Waals surface area (Å²) in [4.78, 5) is 19.2. The van der Waals surface area contributed by atoms with Crippen molar-refractivity contribution in [2.45, 2.75) is 70.8 Å². The predicted octanol–water partition coefficient (Wildman–Crippen LogP) is 6.43. The van der Waals surface area contributed by atoms with Crippen molar-refractivity contribution in [2.75, 3.05) is 19.7 Å². The van der Waals surface area contributed by atoms with Gasteiger partial charge in [-0.3, -0.25) is 0 Å². The van der Waals surface area contributed by atoms with Crippen molar-refractivity contribution in [3.8, 4) is 23.0 Å². The molecule has 0 aliphatic carbocycles. The number of hydrogen-bond donors (Lipinski definition) is 1. The molecule has 0 saturated carbocycles. The number of phenolic OH excluding ortho intramolecular Hbond substituents is 1. The molecular weight excluding hydrogens is 508 g/mol. The molecule has 6 rings (SSSR count). The second-order valence-electron chi connectivity index (χ2n) is 11.6. The van der Waals surface area contributed by atoms with Crippen LogP contribution in [-0.2, 0) is 9.47 Å². The third-order valence-corrected chi connectivity index (χ3v) is 7.44. The highest BCUT2D eigenvalue weighted by molar-refractivity contribution is 5.97. The number of carbonyl (C=O) groups excluding carboxylic acids is 1. The Hall–Kier alpha value is -3.85. The molecule has 1 amide bonds. The number of amides is 1. The highest BCUT2D eigenvalue weighted by atomic mass is 16.6. The number of piperidine rings is 1. The topological polar surface area (TPSA) is 98.9 Å². The van der Waals surface area contributed by atoms with Crippen LogP contribution >= 0.6 is 0 Å². The number of hydrogen-bond acceptors (Lipinski definition) is 7. The molecule has 4 heterocycles. The van der Waals surface area contributed by atoms with Crippen molar-refractivity contribution in [1.29, 1.82) is 0 Å². The number of aromatic hydroxyl groups is 1. The number of benzene rings is 2. The first-order valence-corrected chi connectivity index (χ1v) is 14.1. The zero-order chi connectivity index (χ0) is 27.9. The van der Waals surface area contributed by atoms with Crippen molar-refractivity contribution in [2.24, 2.45) is 0 Å². The fraction of sp³-hybridized carbons (Fsp3) is 0.452. The van der Waals surface area contributed by atoms with Gasteiger partial charge in [0.2, 0.25) is 5.88 Å². The van der Waals surface area contributed by atoms with E-state index >= 15 is 0 Å². The van der Waals surface area contributed by atoms with Crippen LogP contribution in [0.5, 0.6) is 11.6 Å². The lowest BCUT2D eigenvalue weighted by Crippen LogP contribution is -2.44. The fourth-order valence-electron chi connectivity index (χ4n) is 5.47. The van der Waals surface area contributed by atoms with E-state index < -0.39 is 5.60 Å². The van der Waals surface area contributed by atoms with E-state index in [1.54, 1.807) is 17.0 Å². The summed E-state index contributed by atoms with van der Waals surface area (Å²) in [5, 5.41) is 18.0. The number of pyridine rings is 1. The summed E-state index contributed by atoms with van der Waals surface area (Å²) in [6.07, 6.45) is 3.86. The minimum atomic E-state index is -0.523. The summed E-state index contributed by atoms with van der Waals surface area (Å²) >= 11 is 0. The minimum Gasteiger partial charge on any atom is -0.508 e. The predicted molar refractivity (Wildman–Crippen MR) is 152 cm³/mol. The smallest absolute Gasteiger partial charge is 0.410 e. The van der Waals surface area contributed by atoms with Crippen LogP contribution in [-0.4, -0.2) is 62.3 Å². The van der Waals surface area contributed by atoms with E-state index in [1.165, 1.54) is 0 Å². The van der Waals surface area contributed by atoms with Gasteiger partial charge in [0.05, 0.1) is 11.2 Å². The van der Waals surface area contributed by atoms with Crippen LogP contribution in [0.25, 0.3) is 33.1 Å². The second kappa shape index (κ2) is 10.6. The molecule has 2 fully saturated rings. The van der Waals surface area contributed by atoms with Gasteiger partial charge >= 0.3 is 6.09 Å². The van der Waals surface area contributed by atoms with Gasteiger partial charge in [0.25, 0.3) is 0 Å². The number of aromatic nitrogens is 3. The first-order chi connectivity index (χ1) is 19.2. The molecule has 2 aliphatic rings. The largest absolute Gasteiger partial charge is 0.508 e. The van der Waals surface area contributed by atoms with E-state index in [-0.39, 0.29) is 24.2 Å². The highest BCUT2D eigenvalue weighted by Gasteiger charge is 2.29. The Balaban J connectivity index is 1.32. The number of phenols is 1. The van der Waals surface area contributed by atoms with Crippen LogP contribution in [0.15, 0.2) is 48.5 Å². The van der Waals surface area contributed by atoms with Gasteiger partial charge < -0.3 is 24.2 Å². The normalized spacial score (nSPS) is 18.8. The lowest BCUT2D eigenvalue weighted by Gasteiger charge is -2.33. The van der Waals surface area contributed by atoms with E-state index in [9.17, 15) is 9.90 Å². The van der Waals surface area contributed by atoms with Crippen LogP contribution in [0.4, 0.5) is 4.79 Å². The van der Waals surface area contributed by atoms with Gasteiger partial charge in [0, 0.05) is 43.3 Å². The van der Waals surface area contributed by atoms with E-state index in [1.807, 2.05) is 61.9 Å². The lowest BCUT2D eigenvalue weighted by molar-refractivity contribution is -0.0365. The van der Waals surface area contributed by atoms with E-state index in [0.29, 0.717) is 49.8 Å². The molecule has 9 nitrogen and oxygen atoms in total. The van der Waals surface area contributed by atoms with Gasteiger partial charge in [-0.1, -0.05) is 18.2 Å². The molecule has 0 bridgehead atoms. The van der Waals surface area contributed by atoms with E-state index in [2.05, 4.69) is 0 Å². The van der Waals surface area contributed by atoms with Crippen LogP contribution in [0.2, 0.25) is 0 Å². The van der Waals surface area contributed by atoms with Crippen molar-refractivity contribution in [3.05, 3.63) is 48.5 Å². The molecule has 1 atom stereocenters.